The van der Waals surface area contributed by atoms with Gasteiger partial charge in [-0.1, -0.05) is 17.7 Å². The zero-order chi connectivity index (χ0) is 18.4. The van der Waals surface area contributed by atoms with Crippen molar-refractivity contribution < 1.29 is 4.74 Å². The molecule has 0 spiro atoms. The van der Waals surface area contributed by atoms with Gasteiger partial charge in [-0.2, -0.15) is 0 Å². The minimum absolute atomic E-state index is 0.676. The van der Waals surface area contributed by atoms with E-state index < -0.39 is 0 Å². The van der Waals surface area contributed by atoms with Gasteiger partial charge in [-0.3, -0.25) is 0 Å². The van der Waals surface area contributed by atoms with Crippen LogP contribution in [0.25, 0.3) is 0 Å². The van der Waals surface area contributed by atoms with Gasteiger partial charge in [0.25, 0.3) is 0 Å². The first-order valence-electron chi connectivity index (χ1n) is 7.98. The summed E-state index contributed by atoms with van der Waals surface area (Å²) in [5, 5.41) is 6.76. The number of hydrogen-bond acceptors (Lipinski definition) is 4. The van der Waals surface area contributed by atoms with E-state index in [2.05, 4.69) is 46.7 Å². The van der Waals surface area contributed by atoms with Crippen molar-refractivity contribution in [2.45, 2.75) is 13.5 Å². The van der Waals surface area contributed by atoms with E-state index in [9.17, 15) is 0 Å². The Morgan fingerprint density at radius 3 is 2.68 bits per heavy atom. The maximum atomic E-state index is 6.19. The molecule has 136 valence electrons. The van der Waals surface area contributed by atoms with Crippen LogP contribution in [0.1, 0.15) is 10.4 Å². The van der Waals surface area contributed by atoms with Gasteiger partial charge in [0.15, 0.2) is 5.11 Å². The molecular weight excluding hydrogens is 374 g/mol. The largest absolute Gasteiger partial charge is 0.495 e. The lowest BCUT2D eigenvalue weighted by Gasteiger charge is -2.27. The van der Waals surface area contributed by atoms with Gasteiger partial charge in [0.2, 0.25) is 0 Å². The molecule has 25 heavy (non-hydrogen) atoms. The third-order valence-corrected chi connectivity index (χ3v) is 5.38. The van der Waals surface area contributed by atoms with E-state index in [-0.39, 0.29) is 0 Å². The number of nitrogens with zero attached hydrogens (tertiary/aromatic N) is 2. The molecule has 1 N–H and O–H groups in total. The van der Waals surface area contributed by atoms with Gasteiger partial charge < -0.3 is 19.9 Å². The lowest BCUT2D eigenvalue weighted by molar-refractivity contribution is 0.329. The number of halogens is 1. The summed E-state index contributed by atoms with van der Waals surface area (Å²) in [6.07, 6.45) is 0. The summed E-state index contributed by atoms with van der Waals surface area (Å²) in [6.45, 7) is 4.51. The van der Waals surface area contributed by atoms with Gasteiger partial charge in [-0.05, 0) is 56.3 Å². The average Bonchev–Trinajstić information content (AvgIpc) is 3.07. The molecule has 7 heteroatoms. The van der Waals surface area contributed by atoms with Gasteiger partial charge >= 0.3 is 0 Å². The van der Waals surface area contributed by atoms with Crippen LogP contribution in [0.4, 0.5) is 5.69 Å². The molecule has 0 unspecified atom stereocenters. The maximum Gasteiger partial charge on any atom is 0.173 e. The van der Waals surface area contributed by atoms with Gasteiger partial charge in [0, 0.05) is 29.1 Å². The van der Waals surface area contributed by atoms with Crippen molar-refractivity contribution in [2.75, 3.05) is 39.6 Å². The summed E-state index contributed by atoms with van der Waals surface area (Å²) in [6, 6.07) is 7.96. The number of thiocarbonyl (C=S) groups is 1. The molecule has 0 amide bonds. The van der Waals surface area contributed by atoms with Gasteiger partial charge in [-0.15, -0.1) is 11.3 Å². The number of rotatable bonds is 7. The topological polar surface area (TPSA) is 27.7 Å². The van der Waals surface area contributed by atoms with Crippen LogP contribution in [-0.4, -0.2) is 49.2 Å². The first kappa shape index (κ1) is 20.0. The Kier molecular flexibility index (Phi) is 7.50. The molecule has 0 radical (unpaired) electrons. The Balaban J connectivity index is 2.16. The highest BCUT2D eigenvalue weighted by Crippen LogP contribution is 2.31. The van der Waals surface area contributed by atoms with Crippen LogP contribution in [0.3, 0.4) is 0 Å². The van der Waals surface area contributed by atoms with Gasteiger partial charge in [0.1, 0.15) is 5.75 Å². The summed E-state index contributed by atoms with van der Waals surface area (Å²) in [7, 11) is 5.75. The van der Waals surface area contributed by atoms with Crippen LogP contribution < -0.4 is 10.1 Å². The molecule has 0 atom stereocenters. The highest BCUT2D eigenvalue weighted by Gasteiger charge is 2.15. The zero-order valence-corrected chi connectivity index (χ0v) is 17.4. The molecule has 1 heterocycles. The third kappa shape index (κ3) is 5.85. The number of nitrogens with one attached hydrogen (secondary N) is 1. The van der Waals surface area contributed by atoms with Crippen LogP contribution in [0.2, 0.25) is 5.02 Å². The van der Waals surface area contributed by atoms with Crippen molar-refractivity contribution in [2.24, 2.45) is 0 Å². The standard InChI is InChI=1S/C18H24ClN3OS2/c1-13-10-16(17(23-4)11-15(13)19)20-18(24)22(8-7-21(2)3)12-14-6-5-9-25-14/h5-6,9-11H,7-8,12H2,1-4H3,(H,20,24). The third-order valence-electron chi connectivity index (χ3n) is 3.75. The fourth-order valence-corrected chi connectivity index (χ4v) is 3.43. The normalized spacial score (nSPS) is 10.8. The van der Waals surface area contributed by atoms with E-state index in [4.69, 9.17) is 28.6 Å². The van der Waals surface area contributed by atoms with E-state index in [1.54, 1.807) is 18.4 Å². The second-order valence-electron chi connectivity index (χ2n) is 6.04. The van der Waals surface area contributed by atoms with Crippen LogP contribution in [0.15, 0.2) is 29.6 Å². The quantitative estimate of drug-likeness (QED) is 0.695. The van der Waals surface area contributed by atoms with E-state index >= 15 is 0 Å². The summed E-state index contributed by atoms with van der Waals surface area (Å²) in [5.41, 5.74) is 1.81. The van der Waals surface area contributed by atoms with Crippen molar-refractivity contribution in [3.8, 4) is 5.75 Å². The Hall–Kier alpha value is -1.34. The van der Waals surface area contributed by atoms with Crippen molar-refractivity contribution in [1.29, 1.82) is 0 Å². The molecule has 1 aromatic heterocycles. The van der Waals surface area contributed by atoms with Crippen molar-refractivity contribution in [1.82, 2.24) is 9.80 Å². The van der Waals surface area contributed by atoms with Gasteiger partial charge in [0.05, 0.1) is 19.3 Å². The van der Waals surface area contributed by atoms with Crippen molar-refractivity contribution >= 4 is 46.0 Å². The lowest BCUT2D eigenvalue weighted by Crippen LogP contribution is -2.38. The fraction of sp³-hybridized carbons (Fsp3) is 0.389. The predicted molar refractivity (Wildman–Crippen MR) is 112 cm³/mol. The molecule has 0 aliphatic rings. The number of aryl methyl sites for hydroxylation is 1. The molecule has 0 saturated carbocycles. The molecule has 1 aromatic carbocycles. The molecule has 2 rings (SSSR count). The summed E-state index contributed by atoms with van der Waals surface area (Å²) >= 11 is 13.6. The molecule has 0 aliphatic carbocycles. The first-order valence-corrected chi connectivity index (χ1v) is 9.64. The van der Waals surface area contributed by atoms with Crippen LogP contribution in [0, 0.1) is 6.92 Å². The number of hydrogen-bond donors (Lipinski definition) is 1. The number of ether oxygens (including phenoxy) is 1. The Bertz CT molecular complexity index is 705. The molecule has 0 fully saturated rings. The lowest BCUT2D eigenvalue weighted by atomic mass is 10.2. The van der Waals surface area contributed by atoms with Crippen molar-refractivity contribution in [3.63, 3.8) is 0 Å². The smallest absolute Gasteiger partial charge is 0.173 e. The van der Waals surface area contributed by atoms with Crippen LogP contribution in [0.5, 0.6) is 5.75 Å². The summed E-state index contributed by atoms with van der Waals surface area (Å²) in [5.74, 6) is 0.682. The van der Waals surface area contributed by atoms with E-state index in [0.717, 1.165) is 30.9 Å². The Labute approximate surface area is 164 Å². The molecular formula is C18H24ClN3OS2. The predicted octanol–water partition coefficient (Wildman–Crippen LogP) is 4.48. The highest BCUT2D eigenvalue weighted by molar-refractivity contribution is 7.80. The second kappa shape index (κ2) is 9.38. The summed E-state index contributed by atoms with van der Waals surface area (Å²) < 4.78 is 5.43. The highest BCUT2D eigenvalue weighted by atomic mass is 35.5. The first-order chi connectivity index (χ1) is 11.9. The van der Waals surface area contributed by atoms with Crippen LogP contribution in [-0.2, 0) is 6.54 Å². The molecule has 0 bridgehead atoms. The number of likely N-dealkylation sites (N-methyl/N-ethyl adjacent to an activating group) is 1. The van der Waals surface area contributed by atoms with Gasteiger partial charge in [-0.25, -0.2) is 0 Å². The van der Waals surface area contributed by atoms with E-state index in [0.29, 0.717) is 15.9 Å². The average molecular weight is 398 g/mol. The number of benzene rings is 1. The van der Waals surface area contributed by atoms with Crippen molar-refractivity contribution in [3.05, 3.63) is 45.1 Å². The molecule has 0 saturated heterocycles. The second-order valence-corrected chi connectivity index (χ2v) is 7.86. The van der Waals surface area contributed by atoms with Crippen LogP contribution >= 0.6 is 35.2 Å². The minimum Gasteiger partial charge on any atom is -0.495 e. The molecule has 0 aliphatic heterocycles. The Morgan fingerprint density at radius 2 is 2.08 bits per heavy atom. The zero-order valence-electron chi connectivity index (χ0n) is 15.0. The fourth-order valence-electron chi connectivity index (χ4n) is 2.29. The number of methoxy groups -OCH3 is 1. The Morgan fingerprint density at radius 1 is 1.32 bits per heavy atom. The monoisotopic (exact) mass is 397 g/mol. The number of thiophene rings is 1. The van der Waals surface area contributed by atoms with E-state index in [1.165, 1.54) is 4.88 Å². The minimum atomic E-state index is 0.676. The maximum absolute atomic E-state index is 6.19. The summed E-state index contributed by atoms with van der Waals surface area (Å²) in [4.78, 5) is 5.60. The molecule has 4 nitrogen and oxygen atoms in total. The molecule has 2 aromatic rings. The van der Waals surface area contributed by atoms with E-state index in [1.807, 2.05) is 19.1 Å². The number of anilines is 1. The SMILES string of the molecule is COc1cc(Cl)c(C)cc1NC(=S)N(CCN(C)C)Cc1cccs1.